The smallest absolute Gasteiger partial charge is 0.336 e. The Morgan fingerprint density at radius 2 is 1.58 bits per heavy atom. The van der Waals surface area contributed by atoms with Crippen LogP contribution < -0.4 is 14.4 Å². The van der Waals surface area contributed by atoms with Crippen LogP contribution in [-0.2, 0) is 0 Å². The first-order chi connectivity index (χ1) is 11.4. The number of ether oxygens (including phenoxy) is 2. The first-order valence-corrected chi connectivity index (χ1v) is 7.20. The van der Waals surface area contributed by atoms with Crippen LogP contribution in [-0.4, -0.2) is 45.2 Å². The third-order valence-corrected chi connectivity index (χ3v) is 3.65. The van der Waals surface area contributed by atoms with Crippen LogP contribution in [0.2, 0.25) is 0 Å². The van der Waals surface area contributed by atoms with Crippen LogP contribution in [0.4, 0.5) is 5.69 Å². The van der Waals surface area contributed by atoms with Crippen molar-refractivity contribution in [2.75, 3.05) is 33.2 Å². The van der Waals surface area contributed by atoms with E-state index in [2.05, 4.69) is 0 Å². The molecule has 0 heterocycles. The Hall–Kier alpha value is -3.02. The van der Waals surface area contributed by atoms with Crippen LogP contribution >= 0.6 is 0 Å². The molecule has 0 spiro atoms. The van der Waals surface area contributed by atoms with Gasteiger partial charge in [-0.2, -0.15) is 0 Å². The summed E-state index contributed by atoms with van der Waals surface area (Å²) in [4.78, 5) is 26.2. The molecule has 126 valence electrons. The zero-order valence-electron chi connectivity index (χ0n) is 14.0. The van der Waals surface area contributed by atoms with Gasteiger partial charge in [-0.1, -0.05) is 0 Å². The van der Waals surface area contributed by atoms with Crippen molar-refractivity contribution in [2.45, 2.75) is 0 Å². The summed E-state index contributed by atoms with van der Waals surface area (Å²) in [7, 11) is 6.59. The topological polar surface area (TPSA) is 76.1 Å². The molecule has 0 bridgehead atoms. The van der Waals surface area contributed by atoms with Gasteiger partial charge in [0.1, 0.15) is 11.5 Å². The van der Waals surface area contributed by atoms with Gasteiger partial charge in [-0.3, -0.25) is 4.79 Å². The lowest BCUT2D eigenvalue weighted by atomic mass is 9.96. The second-order valence-electron chi connectivity index (χ2n) is 5.32. The molecule has 6 heteroatoms. The SMILES string of the molecule is COc1ccc(C(=O)c2cc(N(C)C)ccc2C(=O)O)c(OC)c1. The number of carbonyl (C=O) groups is 2. The average molecular weight is 329 g/mol. The molecule has 0 saturated carbocycles. The van der Waals surface area contributed by atoms with Gasteiger partial charge < -0.3 is 19.5 Å². The third kappa shape index (κ3) is 3.32. The number of carboxylic acid groups (broad SMARTS) is 1. The zero-order chi connectivity index (χ0) is 17.9. The predicted octanol–water partition coefficient (Wildman–Crippen LogP) is 2.70. The molecule has 0 saturated heterocycles. The van der Waals surface area contributed by atoms with E-state index in [0.717, 1.165) is 5.69 Å². The molecular weight excluding hydrogens is 310 g/mol. The van der Waals surface area contributed by atoms with Crippen molar-refractivity contribution in [2.24, 2.45) is 0 Å². The number of aromatic carboxylic acids is 1. The molecule has 0 aliphatic heterocycles. The van der Waals surface area contributed by atoms with Crippen LogP contribution in [0.25, 0.3) is 0 Å². The summed E-state index contributed by atoms with van der Waals surface area (Å²) >= 11 is 0. The lowest BCUT2D eigenvalue weighted by Crippen LogP contribution is -2.14. The lowest BCUT2D eigenvalue weighted by Gasteiger charge is -2.16. The Labute approximate surface area is 140 Å². The van der Waals surface area contributed by atoms with Gasteiger partial charge in [0, 0.05) is 31.4 Å². The van der Waals surface area contributed by atoms with Gasteiger partial charge in [-0.25, -0.2) is 4.79 Å². The van der Waals surface area contributed by atoms with Crippen LogP contribution in [0, 0.1) is 0 Å². The standard InChI is InChI=1S/C18H19NO5/c1-19(2)11-5-7-13(18(21)22)15(9-11)17(20)14-8-6-12(23-3)10-16(14)24-4/h5-10H,1-4H3,(H,21,22). The Morgan fingerprint density at radius 1 is 0.917 bits per heavy atom. The molecular formula is C18H19NO5. The maximum Gasteiger partial charge on any atom is 0.336 e. The number of rotatable bonds is 6. The van der Waals surface area contributed by atoms with Crippen LogP contribution in [0.1, 0.15) is 26.3 Å². The van der Waals surface area contributed by atoms with E-state index in [-0.39, 0.29) is 16.7 Å². The number of nitrogens with zero attached hydrogens (tertiary/aromatic N) is 1. The van der Waals surface area contributed by atoms with Crippen molar-refractivity contribution in [1.82, 2.24) is 0 Å². The highest BCUT2D eigenvalue weighted by Crippen LogP contribution is 2.29. The van der Waals surface area contributed by atoms with Crippen molar-refractivity contribution >= 4 is 17.4 Å². The molecule has 2 rings (SSSR count). The van der Waals surface area contributed by atoms with E-state index in [4.69, 9.17) is 9.47 Å². The third-order valence-electron chi connectivity index (χ3n) is 3.65. The van der Waals surface area contributed by atoms with E-state index in [1.165, 1.54) is 20.3 Å². The fraction of sp³-hybridized carbons (Fsp3) is 0.222. The largest absolute Gasteiger partial charge is 0.497 e. The number of benzene rings is 2. The molecule has 0 radical (unpaired) electrons. The van der Waals surface area contributed by atoms with E-state index in [1.807, 2.05) is 14.1 Å². The summed E-state index contributed by atoms with van der Waals surface area (Å²) in [5.41, 5.74) is 1.06. The van der Waals surface area contributed by atoms with Crippen molar-refractivity contribution in [3.8, 4) is 11.5 Å². The molecule has 0 aromatic heterocycles. The van der Waals surface area contributed by atoms with E-state index in [0.29, 0.717) is 11.5 Å². The van der Waals surface area contributed by atoms with Gasteiger partial charge in [0.15, 0.2) is 5.78 Å². The highest BCUT2D eigenvalue weighted by atomic mass is 16.5. The molecule has 1 N–H and O–H groups in total. The first kappa shape index (κ1) is 17.3. The summed E-state index contributed by atoms with van der Waals surface area (Å²) in [6.07, 6.45) is 0. The first-order valence-electron chi connectivity index (χ1n) is 7.20. The normalized spacial score (nSPS) is 10.2. The highest BCUT2D eigenvalue weighted by Gasteiger charge is 2.22. The predicted molar refractivity (Wildman–Crippen MR) is 90.7 cm³/mol. The summed E-state index contributed by atoms with van der Waals surface area (Å²) in [6, 6.07) is 9.44. The van der Waals surface area contributed by atoms with Crippen molar-refractivity contribution < 1.29 is 24.2 Å². The Morgan fingerprint density at radius 3 is 2.12 bits per heavy atom. The maximum atomic E-state index is 12.9. The Kier molecular flexibility index (Phi) is 5.08. The van der Waals surface area contributed by atoms with Crippen molar-refractivity contribution in [3.05, 3.63) is 53.1 Å². The monoisotopic (exact) mass is 329 g/mol. The minimum atomic E-state index is -1.16. The Bertz CT molecular complexity index is 783. The van der Waals surface area contributed by atoms with Gasteiger partial charge in [-0.15, -0.1) is 0 Å². The molecule has 0 aliphatic carbocycles. The molecule has 24 heavy (non-hydrogen) atoms. The van der Waals surface area contributed by atoms with Gasteiger partial charge >= 0.3 is 5.97 Å². The van der Waals surface area contributed by atoms with E-state index >= 15 is 0 Å². The fourth-order valence-electron chi connectivity index (χ4n) is 2.32. The van der Waals surface area contributed by atoms with Crippen LogP contribution in [0.3, 0.4) is 0 Å². The van der Waals surface area contributed by atoms with Gasteiger partial charge in [0.25, 0.3) is 0 Å². The average Bonchev–Trinajstić information content (AvgIpc) is 2.59. The summed E-state index contributed by atoms with van der Waals surface area (Å²) in [5, 5.41) is 9.38. The maximum absolute atomic E-state index is 12.9. The van der Waals surface area contributed by atoms with Gasteiger partial charge in [-0.05, 0) is 30.3 Å². The fourth-order valence-corrected chi connectivity index (χ4v) is 2.32. The second kappa shape index (κ2) is 7.04. The lowest BCUT2D eigenvalue weighted by molar-refractivity contribution is 0.0692. The van der Waals surface area contributed by atoms with Crippen molar-refractivity contribution in [3.63, 3.8) is 0 Å². The van der Waals surface area contributed by atoms with Crippen LogP contribution in [0.15, 0.2) is 36.4 Å². The van der Waals surface area contributed by atoms with Crippen LogP contribution in [0.5, 0.6) is 11.5 Å². The minimum Gasteiger partial charge on any atom is -0.497 e. The molecule has 2 aromatic rings. The molecule has 0 unspecified atom stereocenters. The van der Waals surface area contributed by atoms with Gasteiger partial charge in [0.2, 0.25) is 0 Å². The second-order valence-corrected chi connectivity index (χ2v) is 5.32. The molecule has 0 aliphatic rings. The molecule has 2 aromatic carbocycles. The summed E-state index contributed by atoms with van der Waals surface area (Å²) < 4.78 is 10.4. The summed E-state index contributed by atoms with van der Waals surface area (Å²) in [5.74, 6) is -0.707. The molecule has 6 nitrogen and oxygen atoms in total. The van der Waals surface area contributed by atoms with E-state index < -0.39 is 11.8 Å². The zero-order valence-corrected chi connectivity index (χ0v) is 14.0. The number of hydrogen-bond donors (Lipinski definition) is 1. The molecule has 0 amide bonds. The molecule has 0 atom stereocenters. The van der Waals surface area contributed by atoms with Crippen molar-refractivity contribution in [1.29, 1.82) is 0 Å². The molecule has 0 fully saturated rings. The Balaban J connectivity index is 2.60. The summed E-state index contributed by atoms with van der Waals surface area (Å²) in [6.45, 7) is 0. The van der Waals surface area contributed by atoms with E-state index in [1.54, 1.807) is 35.2 Å². The number of carboxylic acids is 1. The minimum absolute atomic E-state index is 0.0523. The quantitative estimate of drug-likeness (QED) is 0.821. The van der Waals surface area contributed by atoms with Gasteiger partial charge in [0.05, 0.1) is 25.3 Å². The number of carbonyl (C=O) groups excluding carboxylic acids is 1. The number of anilines is 1. The highest BCUT2D eigenvalue weighted by molar-refractivity contribution is 6.16. The van der Waals surface area contributed by atoms with E-state index in [9.17, 15) is 14.7 Å². The number of methoxy groups -OCH3 is 2. The number of ketones is 1. The number of hydrogen-bond acceptors (Lipinski definition) is 5.